The summed E-state index contributed by atoms with van der Waals surface area (Å²) < 4.78 is 22.7. The highest BCUT2D eigenvalue weighted by Crippen LogP contribution is 2.23. The van der Waals surface area contributed by atoms with Crippen molar-refractivity contribution in [2.24, 2.45) is 15.8 Å². The summed E-state index contributed by atoms with van der Waals surface area (Å²) in [6.45, 7) is 12.5. The minimum absolute atomic E-state index is 0. The van der Waals surface area contributed by atoms with E-state index in [4.69, 9.17) is 0 Å². The summed E-state index contributed by atoms with van der Waals surface area (Å²) in [6, 6.07) is 0. The smallest absolute Gasteiger partial charge is 0.191 e. The lowest BCUT2D eigenvalue weighted by Crippen LogP contribution is -2.45. The summed E-state index contributed by atoms with van der Waals surface area (Å²) in [5.41, 5.74) is 0.135. The monoisotopic (exact) mass is 489 g/mol. The van der Waals surface area contributed by atoms with Crippen molar-refractivity contribution in [3.05, 3.63) is 0 Å². The molecule has 0 aliphatic heterocycles. The molecule has 5 nitrogen and oxygen atoms in total. The lowest BCUT2D eigenvalue weighted by molar-refractivity contribution is 0.315. The molecule has 0 aromatic carbocycles. The van der Waals surface area contributed by atoms with E-state index in [1.807, 2.05) is 0 Å². The maximum atomic E-state index is 11.3. The van der Waals surface area contributed by atoms with E-state index in [0.29, 0.717) is 13.0 Å². The minimum atomic E-state index is -2.92. The third-order valence-corrected chi connectivity index (χ3v) is 5.24. The number of nitrogens with one attached hydrogen (secondary N) is 2. The van der Waals surface area contributed by atoms with Gasteiger partial charge in [-0.25, -0.2) is 8.42 Å². The molecule has 0 radical (unpaired) electrons. The normalized spacial score (nSPS) is 13.3. The lowest BCUT2D eigenvalue weighted by atomic mass is 9.87. The number of guanidine groups is 1. The van der Waals surface area contributed by atoms with Crippen LogP contribution < -0.4 is 10.6 Å². The van der Waals surface area contributed by atoms with Crippen molar-refractivity contribution >= 4 is 39.8 Å². The molecule has 0 fully saturated rings. The van der Waals surface area contributed by atoms with Crippen LogP contribution in [0.15, 0.2) is 4.99 Å². The summed E-state index contributed by atoms with van der Waals surface area (Å²) in [4.78, 5) is 4.28. The van der Waals surface area contributed by atoms with Crippen LogP contribution in [0.1, 0.15) is 66.7 Å². The fourth-order valence-corrected chi connectivity index (χ4v) is 3.28. The van der Waals surface area contributed by atoms with Gasteiger partial charge in [0.1, 0.15) is 9.84 Å². The lowest BCUT2D eigenvalue weighted by Gasteiger charge is -2.28. The van der Waals surface area contributed by atoms with Crippen molar-refractivity contribution in [3.63, 3.8) is 0 Å². The van der Waals surface area contributed by atoms with Gasteiger partial charge in [0.05, 0.1) is 5.75 Å². The van der Waals surface area contributed by atoms with Gasteiger partial charge in [0.15, 0.2) is 5.96 Å². The average Bonchev–Trinajstić information content (AvgIpc) is 2.45. The number of halogens is 1. The van der Waals surface area contributed by atoms with Crippen molar-refractivity contribution in [3.8, 4) is 0 Å². The summed E-state index contributed by atoms with van der Waals surface area (Å²) in [6.07, 6.45) is 6.91. The Morgan fingerprint density at radius 3 is 1.84 bits per heavy atom. The third kappa shape index (κ3) is 15.9. The molecule has 152 valence electrons. The Bertz CT molecular complexity index is 489. The topological polar surface area (TPSA) is 70.6 Å². The van der Waals surface area contributed by atoms with Crippen molar-refractivity contribution < 1.29 is 8.42 Å². The van der Waals surface area contributed by atoms with Gasteiger partial charge in [-0.1, -0.05) is 53.9 Å². The summed E-state index contributed by atoms with van der Waals surface area (Å²) in [5.74, 6) is 1.00. The zero-order chi connectivity index (χ0) is 18.9. The van der Waals surface area contributed by atoms with Crippen molar-refractivity contribution in [2.75, 3.05) is 32.1 Å². The second kappa shape index (κ2) is 12.4. The summed E-state index contributed by atoms with van der Waals surface area (Å²) in [5, 5.41) is 6.73. The highest BCUT2D eigenvalue weighted by atomic mass is 127. The zero-order valence-corrected chi connectivity index (χ0v) is 20.4. The highest BCUT2D eigenvalue weighted by molar-refractivity contribution is 14.0. The fraction of sp³-hybridized carbons (Fsp3) is 0.944. The van der Waals surface area contributed by atoms with Gasteiger partial charge in [-0.2, -0.15) is 0 Å². The van der Waals surface area contributed by atoms with Crippen LogP contribution >= 0.6 is 24.0 Å². The predicted octanol–water partition coefficient (Wildman–Crippen LogP) is 3.84. The molecule has 0 saturated carbocycles. The number of nitrogens with zero attached hydrogens (tertiary/aromatic N) is 1. The van der Waals surface area contributed by atoms with E-state index in [-0.39, 0.29) is 40.6 Å². The van der Waals surface area contributed by atoms with Crippen LogP contribution in [0.5, 0.6) is 0 Å². The highest BCUT2D eigenvalue weighted by Gasteiger charge is 2.21. The van der Waals surface area contributed by atoms with Crippen LogP contribution in [-0.2, 0) is 9.84 Å². The van der Waals surface area contributed by atoms with E-state index < -0.39 is 9.84 Å². The van der Waals surface area contributed by atoms with E-state index in [9.17, 15) is 8.42 Å². The first-order valence-corrected chi connectivity index (χ1v) is 11.1. The molecule has 25 heavy (non-hydrogen) atoms. The molecule has 0 unspecified atom stereocenters. The molecule has 0 aliphatic rings. The Morgan fingerprint density at radius 2 is 1.44 bits per heavy atom. The maximum absolute atomic E-state index is 11.3. The Hall–Kier alpha value is -0.0500. The molecule has 0 saturated heterocycles. The van der Waals surface area contributed by atoms with E-state index in [1.54, 1.807) is 7.05 Å². The van der Waals surface area contributed by atoms with Crippen LogP contribution in [0.2, 0.25) is 0 Å². The molecule has 0 aliphatic carbocycles. The Kier molecular flexibility index (Phi) is 13.4. The molecular formula is C18H40IN3O2S. The molecule has 7 heteroatoms. The Morgan fingerprint density at radius 1 is 0.960 bits per heavy atom. The maximum Gasteiger partial charge on any atom is 0.191 e. The number of sulfone groups is 1. The van der Waals surface area contributed by atoms with Gasteiger partial charge in [-0.3, -0.25) is 4.99 Å². The summed E-state index contributed by atoms with van der Waals surface area (Å²) >= 11 is 0. The molecule has 0 amide bonds. The minimum Gasteiger partial charge on any atom is -0.356 e. The Labute approximate surface area is 173 Å². The number of aliphatic imine (C=N–C) groups is 1. The van der Waals surface area contributed by atoms with Gasteiger partial charge < -0.3 is 10.6 Å². The molecule has 0 spiro atoms. The van der Waals surface area contributed by atoms with Crippen LogP contribution in [0.4, 0.5) is 0 Å². The molecule has 0 aromatic heterocycles. The predicted molar refractivity (Wildman–Crippen MR) is 121 cm³/mol. The van der Waals surface area contributed by atoms with Gasteiger partial charge in [0, 0.05) is 26.4 Å². The Balaban J connectivity index is 0. The van der Waals surface area contributed by atoms with Crippen molar-refractivity contribution in [1.82, 2.24) is 10.6 Å². The third-order valence-electron chi connectivity index (χ3n) is 4.30. The first kappa shape index (κ1) is 27.2. The van der Waals surface area contributed by atoms with Gasteiger partial charge in [-0.05, 0) is 23.7 Å². The largest absolute Gasteiger partial charge is 0.356 e. The van der Waals surface area contributed by atoms with Crippen LogP contribution in [0.3, 0.4) is 0 Å². The second-order valence-corrected chi connectivity index (χ2v) is 10.7. The average molecular weight is 490 g/mol. The fourth-order valence-electron chi connectivity index (χ4n) is 2.36. The van der Waals surface area contributed by atoms with E-state index >= 15 is 0 Å². The van der Waals surface area contributed by atoms with Crippen molar-refractivity contribution in [1.29, 1.82) is 0 Å². The van der Waals surface area contributed by atoms with Crippen LogP contribution in [0.25, 0.3) is 0 Å². The molecule has 0 bridgehead atoms. The molecule has 2 N–H and O–H groups in total. The quantitative estimate of drug-likeness (QED) is 0.200. The van der Waals surface area contributed by atoms with E-state index in [0.717, 1.165) is 12.5 Å². The summed E-state index contributed by atoms with van der Waals surface area (Å²) in [7, 11) is -1.15. The number of hydrogen-bond acceptors (Lipinski definition) is 3. The molecule has 0 atom stereocenters. The van der Waals surface area contributed by atoms with E-state index in [1.165, 1.54) is 31.9 Å². The van der Waals surface area contributed by atoms with Crippen LogP contribution in [0, 0.1) is 10.8 Å². The first-order chi connectivity index (χ1) is 10.9. The number of hydrogen-bond donors (Lipinski definition) is 2. The molecule has 0 heterocycles. The molecule has 0 rings (SSSR count). The molecular weight excluding hydrogens is 449 g/mol. The first-order valence-electron chi connectivity index (χ1n) is 9.03. The standard InChI is InChI=1S/C18H39N3O2S.HI/c1-8-9-10-11-17(2,3)14-20-16(19-6)21-15-18(4,5)12-13-24(7,22)23;/h8-15H2,1-7H3,(H2,19,20,21);1H. The van der Waals surface area contributed by atoms with Gasteiger partial charge >= 0.3 is 0 Å². The van der Waals surface area contributed by atoms with Gasteiger partial charge in [0.2, 0.25) is 0 Å². The van der Waals surface area contributed by atoms with Crippen LogP contribution in [-0.4, -0.2) is 46.5 Å². The van der Waals surface area contributed by atoms with Gasteiger partial charge in [-0.15, -0.1) is 24.0 Å². The molecule has 0 aromatic rings. The van der Waals surface area contributed by atoms with Gasteiger partial charge in [0.25, 0.3) is 0 Å². The second-order valence-electron chi connectivity index (χ2n) is 8.44. The number of rotatable bonds is 11. The van der Waals surface area contributed by atoms with Crippen molar-refractivity contribution in [2.45, 2.75) is 66.7 Å². The zero-order valence-electron chi connectivity index (χ0n) is 17.2. The SMILES string of the molecule is CCCCCC(C)(C)CNC(=NC)NCC(C)(C)CCS(C)(=O)=O.I. The van der Waals surface area contributed by atoms with E-state index in [2.05, 4.69) is 50.2 Å². The number of unbranched alkanes of at least 4 members (excludes halogenated alkanes) is 2.